The molecule has 90 valence electrons. The highest BCUT2D eigenvalue weighted by atomic mass is 35.5. The summed E-state index contributed by atoms with van der Waals surface area (Å²) in [6, 6.07) is 6.51. The lowest BCUT2D eigenvalue weighted by atomic mass is 10.3. The van der Waals surface area contributed by atoms with E-state index in [1.165, 1.54) is 12.1 Å². The first-order valence-corrected chi connectivity index (χ1v) is 5.69. The number of rotatable bonds is 4. The highest BCUT2D eigenvalue weighted by molar-refractivity contribution is 6.16. The molecule has 0 aliphatic rings. The van der Waals surface area contributed by atoms with Gasteiger partial charge in [0.25, 0.3) is 0 Å². The molecule has 0 atom stereocenters. The molecule has 0 bridgehead atoms. The molecular weight excluding hydrogens is 245 g/mol. The molecule has 1 aromatic heterocycles. The first-order chi connectivity index (χ1) is 8.24. The quantitative estimate of drug-likeness (QED) is 0.788. The van der Waals surface area contributed by atoms with Crippen LogP contribution in [0.15, 0.2) is 28.7 Å². The van der Waals surface area contributed by atoms with Gasteiger partial charge >= 0.3 is 6.01 Å². The van der Waals surface area contributed by atoms with Gasteiger partial charge in [-0.2, -0.15) is 0 Å². The monoisotopic (exact) mass is 255 g/mol. The van der Waals surface area contributed by atoms with Gasteiger partial charge in [-0.15, -0.1) is 16.7 Å². The Kier molecular flexibility index (Phi) is 3.58. The molecule has 0 aliphatic heterocycles. The Morgan fingerprint density at radius 3 is 2.82 bits per heavy atom. The zero-order chi connectivity index (χ0) is 12.3. The standard InChI is InChI=1S/C11H11ClFN3O/c1-2-16(9-5-3-4-8(13)6-9)11-15-14-10(7-12)17-11/h3-6H,2,7H2,1H3. The fraction of sp³-hybridized carbons (Fsp3) is 0.273. The molecule has 1 aromatic carbocycles. The average Bonchev–Trinajstić information content (AvgIpc) is 2.79. The second-order valence-electron chi connectivity index (χ2n) is 3.34. The third kappa shape index (κ3) is 2.55. The molecule has 0 saturated carbocycles. The predicted octanol–water partition coefficient (Wildman–Crippen LogP) is 3.11. The van der Waals surface area contributed by atoms with Crippen molar-refractivity contribution in [2.24, 2.45) is 0 Å². The molecule has 0 aliphatic carbocycles. The second-order valence-corrected chi connectivity index (χ2v) is 3.60. The van der Waals surface area contributed by atoms with Gasteiger partial charge in [-0.1, -0.05) is 11.2 Å². The number of aromatic nitrogens is 2. The Morgan fingerprint density at radius 2 is 2.24 bits per heavy atom. The van der Waals surface area contributed by atoms with Crippen LogP contribution in [-0.4, -0.2) is 16.7 Å². The molecule has 0 saturated heterocycles. The maximum Gasteiger partial charge on any atom is 0.322 e. The number of hydrogen-bond donors (Lipinski definition) is 0. The molecule has 0 radical (unpaired) electrons. The van der Waals surface area contributed by atoms with Crippen LogP contribution in [0.1, 0.15) is 12.8 Å². The van der Waals surface area contributed by atoms with Gasteiger partial charge in [-0.25, -0.2) is 4.39 Å². The molecule has 0 unspecified atom stereocenters. The normalized spacial score (nSPS) is 10.5. The third-order valence-electron chi connectivity index (χ3n) is 2.24. The van der Waals surface area contributed by atoms with Gasteiger partial charge in [0.2, 0.25) is 5.89 Å². The Hall–Kier alpha value is -1.62. The van der Waals surface area contributed by atoms with E-state index in [1.54, 1.807) is 17.0 Å². The van der Waals surface area contributed by atoms with Gasteiger partial charge in [0, 0.05) is 12.2 Å². The SMILES string of the molecule is CCN(c1cccc(F)c1)c1nnc(CCl)o1. The maximum absolute atomic E-state index is 13.1. The summed E-state index contributed by atoms with van der Waals surface area (Å²) in [4.78, 5) is 1.71. The Morgan fingerprint density at radius 1 is 1.41 bits per heavy atom. The van der Waals surface area contributed by atoms with Gasteiger partial charge < -0.3 is 4.42 Å². The first-order valence-electron chi connectivity index (χ1n) is 5.16. The van der Waals surface area contributed by atoms with Crippen LogP contribution in [0.5, 0.6) is 0 Å². The van der Waals surface area contributed by atoms with E-state index in [2.05, 4.69) is 10.2 Å². The lowest BCUT2D eigenvalue weighted by Gasteiger charge is -2.17. The number of halogens is 2. The minimum Gasteiger partial charge on any atom is -0.406 e. The van der Waals surface area contributed by atoms with E-state index in [4.69, 9.17) is 16.0 Å². The molecule has 6 heteroatoms. The van der Waals surface area contributed by atoms with Gasteiger partial charge in [-0.05, 0) is 25.1 Å². The summed E-state index contributed by atoms with van der Waals surface area (Å²) in [7, 11) is 0. The van der Waals surface area contributed by atoms with E-state index < -0.39 is 0 Å². The summed E-state index contributed by atoms with van der Waals surface area (Å²) in [5.74, 6) is 0.197. The van der Waals surface area contributed by atoms with Gasteiger partial charge in [0.05, 0.1) is 0 Å². The van der Waals surface area contributed by atoms with E-state index >= 15 is 0 Å². The molecule has 2 aromatic rings. The van der Waals surface area contributed by atoms with Crippen molar-refractivity contribution in [1.82, 2.24) is 10.2 Å². The van der Waals surface area contributed by atoms with Gasteiger partial charge in [0.15, 0.2) is 0 Å². The van der Waals surface area contributed by atoms with Crippen molar-refractivity contribution in [3.8, 4) is 0 Å². The molecule has 1 heterocycles. The summed E-state index contributed by atoms with van der Waals surface area (Å²) in [5, 5.41) is 7.63. The van der Waals surface area contributed by atoms with Crippen LogP contribution >= 0.6 is 11.6 Å². The highest BCUT2D eigenvalue weighted by Crippen LogP contribution is 2.24. The summed E-state index contributed by atoms with van der Waals surface area (Å²) < 4.78 is 18.5. The van der Waals surface area contributed by atoms with Crippen LogP contribution in [0.25, 0.3) is 0 Å². The minimum absolute atomic E-state index is 0.160. The molecule has 0 N–H and O–H groups in total. The van der Waals surface area contributed by atoms with Crippen molar-refractivity contribution in [3.63, 3.8) is 0 Å². The van der Waals surface area contributed by atoms with Crippen molar-refractivity contribution < 1.29 is 8.81 Å². The first kappa shape index (κ1) is 11.9. The van der Waals surface area contributed by atoms with Crippen molar-refractivity contribution >= 4 is 23.3 Å². The van der Waals surface area contributed by atoms with Gasteiger partial charge in [0.1, 0.15) is 11.7 Å². The van der Waals surface area contributed by atoms with Crippen LogP contribution in [0, 0.1) is 5.82 Å². The highest BCUT2D eigenvalue weighted by Gasteiger charge is 2.14. The van der Waals surface area contributed by atoms with Crippen LogP contribution in [0.4, 0.5) is 16.1 Å². The fourth-order valence-electron chi connectivity index (χ4n) is 1.48. The Balaban J connectivity index is 2.33. The summed E-state index contributed by atoms with van der Waals surface area (Å²) in [6.07, 6.45) is 0. The molecule has 0 amide bonds. The van der Waals surface area contributed by atoms with E-state index in [0.29, 0.717) is 24.1 Å². The predicted molar refractivity (Wildman–Crippen MR) is 62.9 cm³/mol. The number of anilines is 2. The van der Waals surface area contributed by atoms with E-state index in [-0.39, 0.29) is 11.7 Å². The maximum atomic E-state index is 13.1. The molecular formula is C11H11ClFN3O. The summed E-state index contributed by atoms with van der Waals surface area (Å²) in [6.45, 7) is 2.50. The second kappa shape index (κ2) is 5.14. The van der Waals surface area contributed by atoms with Crippen LogP contribution < -0.4 is 4.90 Å². The molecule has 2 rings (SSSR count). The Bertz CT molecular complexity index is 503. The lowest BCUT2D eigenvalue weighted by Crippen LogP contribution is -2.16. The van der Waals surface area contributed by atoms with Crippen LogP contribution in [-0.2, 0) is 5.88 Å². The average molecular weight is 256 g/mol. The smallest absolute Gasteiger partial charge is 0.322 e. The molecule has 4 nitrogen and oxygen atoms in total. The number of nitrogens with zero attached hydrogens (tertiary/aromatic N) is 3. The largest absolute Gasteiger partial charge is 0.406 e. The summed E-state index contributed by atoms with van der Waals surface area (Å²) in [5.41, 5.74) is 0.664. The van der Waals surface area contributed by atoms with Crippen molar-refractivity contribution in [3.05, 3.63) is 36.0 Å². The zero-order valence-electron chi connectivity index (χ0n) is 9.23. The van der Waals surface area contributed by atoms with E-state index in [9.17, 15) is 4.39 Å². The topological polar surface area (TPSA) is 42.2 Å². The van der Waals surface area contributed by atoms with Crippen LogP contribution in [0.3, 0.4) is 0 Å². The third-order valence-corrected chi connectivity index (χ3v) is 2.47. The molecule has 0 fully saturated rings. The summed E-state index contributed by atoms with van der Waals surface area (Å²) >= 11 is 5.58. The van der Waals surface area contributed by atoms with E-state index in [1.807, 2.05) is 6.92 Å². The zero-order valence-corrected chi connectivity index (χ0v) is 9.99. The van der Waals surface area contributed by atoms with Crippen molar-refractivity contribution in [2.45, 2.75) is 12.8 Å². The lowest BCUT2D eigenvalue weighted by molar-refractivity contribution is 0.513. The molecule has 17 heavy (non-hydrogen) atoms. The number of benzene rings is 1. The number of alkyl halides is 1. The number of hydrogen-bond acceptors (Lipinski definition) is 4. The van der Waals surface area contributed by atoms with E-state index in [0.717, 1.165) is 0 Å². The Labute approximate surface area is 103 Å². The van der Waals surface area contributed by atoms with Crippen LogP contribution in [0.2, 0.25) is 0 Å². The fourth-order valence-corrected chi connectivity index (χ4v) is 1.59. The minimum atomic E-state index is -0.307. The van der Waals surface area contributed by atoms with Crippen molar-refractivity contribution in [1.29, 1.82) is 0 Å². The molecule has 0 spiro atoms. The van der Waals surface area contributed by atoms with Crippen molar-refractivity contribution in [2.75, 3.05) is 11.4 Å². The van der Waals surface area contributed by atoms with Gasteiger partial charge in [-0.3, -0.25) is 4.90 Å².